The molecule has 1 aliphatic rings. The molecule has 1 heterocycles. The van der Waals surface area contributed by atoms with Crippen LogP contribution in [0.15, 0.2) is 18.2 Å². The van der Waals surface area contributed by atoms with E-state index in [4.69, 9.17) is 11.6 Å². The Morgan fingerprint density at radius 2 is 1.75 bits per heavy atom. The molecule has 5 nitrogen and oxygen atoms in total. The highest BCUT2D eigenvalue weighted by molar-refractivity contribution is 6.30. The Hall–Kier alpha value is -1.96. The number of benzene rings is 1. The lowest BCUT2D eigenvalue weighted by atomic mass is 10.1. The molecule has 2 amide bonds. The number of carbonyl (C=O) groups excluding carboxylic acids is 2. The van der Waals surface area contributed by atoms with Crippen LogP contribution in [0.5, 0.6) is 0 Å². The van der Waals surface area contributed by atoms with Gasteiger partial charge in [0, 0.05) is 43.8 Å². The van der Waals surface area contributed by atoms with Crippen molar-refractivity contribution in [3.63, 3.8) is 0 Å². The second kappa shape index (κ2) is 7.29. The SMILES string of the molecule is CC(=O)N1CCN(C(=O)CNc2ccc(Cl)cc2C(F)(F)F)CC1. The molecule has 0 aliphatic carbocycles. The Morgan fingerprint density at radius 3 is 2.29 bits per heavy atom. The highest BCUT2D eigenvalue weighted by Gasteiger charge is 2.34. The molecule has 0 saturated carbocycles. The Labute approximate surface area is 142 Å². The standard InChI is InChI=1S/C15H17ClF3N3O2/c1-10(23)21-4-6-22(7-5-21)14(24)9-20-13-3-2-11(16)8-12(13)15(17,18)19/h2-3,8,20H,4-7,9H2,1H3. The molecule has 0 unspecified atom stereocenters. The number of halogens is 4. The number of alkyl halides is 3. The van der Waals surface area contributed by atoms with E-state index >= 15 is 0 Å². The molecule has 0 atom stereocenters. The molecule has 1 saturated heterocycles. The zero-order valence-corrected chi connectivity index (χ0v) is 13.7. The van der Waals surface area contributed by atoms with E-state index in [1.807, 2.05) is 0 Å². The van der Waals surface area contributed by atoms with E-state index in [0.29, 0.717) is 26.2 Å². The van der Waals surface area contributed by atoms with Gasteiger partial charge < -0.3 is 15.1 Å². The van der Waals surface area contributed by atoms with Gasteiger partial charge in [0.2, 0.25) is 11.8 Å². The van der Waals surface area contributed by atoms with Crippen LogP contribution in [0, 0.1) is 0 Å². The predicted molar refractivity (Wildman–Crippen MR) is 83.8 cm³/mol. The summed E-state index contributed by atoms with van der Waals surface area (Å²) in [4.78, 5) is 26.5. The summed E-state index contributed by atoms with van der Waals surface area (Å²) < 4.78 is 39.0. The Balaban J connectivity index is 1.97. The molecule has 1 aromatic carbocycles. The minimum Gasteiger partial charge on any atom is -0.376 e. The van der Waals surface area contributed by atoms with E-state index in [9.17, 15) is 22.8 Å². The van der Waals surface area contributed by atoms with Crippen LogP contribution in [0.2, 0.25) is 5.02 Å². The number of hydrogen-bond donors (Lipinski definition) is 1. The third-order valence-electron chi connectivity index (χ3n) is 3.79. The van der Waals surface area contributed by atoms with Gasteiger partial charge in [0.05, 0.1) is 12.1 Å². The van der Waals surface area contributed by atoms with E-state index < -0.39 is 11.7 Å². The van der Waals surface area contributed by atoms with Gasteiger partial charge in [-0.2, -0.15) is 13.2 Å². The summed E-state index contributed by atoms with van der Waals surface area (Å²) in [5.74, 6) is -0.377. The molecular weight excluding hydrogens is 347 g/mol. The topological polar surface area (TPSA) is 52.7 Å². The molecule has 0 radical (unpaired) electrons. The number of nitrogens with zero attached hydrogens (tertiary/aromatic N) is 2. The summed E-state index contributed by atoms with van der Waals surface area (Å²) in [7, 11) is 0. The molecule has 1 aliphatic heterocycles. The maximum absolute atomic E-state index is 13.0. The minimum atomic E-state index is -4.57. The number of nitrogens with one attached hydrogen (secondary N) is 1. The third-order valence-corrected chi connectivity index (χ3v) is 4.03. The highest BCUT2D eigenvalue weighted by Crippen LogP contribution is 2.36. The van der Waals surface area contributed by atoms with Crippen molar-refractivity contribution in [3.05, 3.63) is 28.8 Å². The molecule has 1 N–H and O–H groups in total. The van der Waals surface area contributed by atoms with E-state index in [1.54, 1.807) is 4.90 Å². The molecule has 1 aromatic rings. The Morgan fingerprint density at radius 1 is 1.17 bits per heavy atom. The average Bonchev–Trinajstić information content (AvgIpc) is 2.52. The number of anilines is 1. The number of piperazine rings is 1. The van der Waals surface area contributed by atoms with Crippen molar-refractivity contribution in [2.45, 2.75) is 13.1 Å². The van der Waals surface area contributed by atoms with Gasteiger partial charge in [-0.25, -0.2) is 0 Å². The molecule has 0 aromatic heterocycles. The number of hydrogen-bond acceptors (Lipinski definition) is 3. The molecule has 9 heteroatoms. The second-order valence-electron chi connectivity index (χ2n) is 5.43. The van der Waals surface area contributed by atoms with Crippen molar-refractivity contribution in [2.75, 3.05) is 38.0 Å². The summed E-state index contributed by atoms with van der Waals surface area (Å²) in [6.07, 6.45) is -4.57. The summed E-state index contributed by atoms with van der Waals surface area (Å²) in [5.41, 5.74) is -1.10. The molecular formula is C15H17ClF3N3O2. The van der Waals surface area contributed by atoms with Gasteiger partial charge in [0.1, 0.15) is 0 Å². The van der Waals surface area contributed by atoms with Crippen LogP contribution in [-0.2, 0) is 15.8 Å². The first-order chi connectivity index (χ1) is 11.2. The average molecular weight is 364 g/mol. The quantitative estimate of drug-likeness (QED) is 0.897. The summed E-state index contributed by atoms with van der Waals surface area (Å²) in [5, 5.41) is 2.50. The van der Waals surface area contributed by atoms with Crippen LogP contribution in [0.3, 0.4) is 0 Å². The Bertz CT molecular complexity index is 629. The van der Waals surface area contributed by atoms with Crippen LogP contribution >= 0.6 is 11.6 Å². The fraction of sp³-hybridized carbons (Fsp3) is 0.467. The maximum Gasteiger partial charge on any atom is 0.418 e. The molecule has 0 spiro atoms. The van der Waals surface area contributed by atoms with Gasteiger partial charge in [-0.15, -0.1) is 0 Å². The lowest BCUT2D eigenvalue weighted by molar-refractivity contribution is -0.137. The number of rotatable bonds is 3. The highest BCUT2D eigenvalue weighted by atomic mass is 35.5. The molecule has 0 bridgehead atoms. The van der Waals surface area contributed by atoms with Crippen LogP contribution in [0.25, 0.3) is 0 Å². The summed E-state index contributed by atoms with van der Waals surface area (Å²) >= 11 is 5.61. The first-order valence-corrected chi connectivity index (χ1v) is 7.70. The molecule has 132 valence electrons. The minimum absolute atomic E-state index is 0.0282. The van der Waals surface area contributed by atoms with Crippen molar-refractivity contribution in [1.29, 1.82) is 0 Å². The fourth-order valence-electron chi connectivity index (χ4n) is 2.46. The van der Waals surface area contributed by atoms with Crippen molar-refractivity contribution in [3.8, 4) is 0 Å². The maximum atomic E-state index is 13.0. The van der Waals surface area contributed by atoms with Crippen LogP contribution in [0.4, 0.5) is 18.9 Å². The first kappa shape index (κ1) is 18.4. The van der Waals surface area contributed by atoms with E-state index in [0.717, 1.165) is 6.07 Å². The normalized spacial score (nSPS) is 15.4. The van der Waals surface area contributed by atoms with Crippen molar-refractivity contribution < 1.29 is 22.8 Å². The van der Waals surface area contributed by atoms with Gasteiger partial charge in [-0.3, -0.25) is 9.59 Å². The van der Waals surface area contributed by atoms with Crippen LogP contribution in [0.1, 0.15) is 12.5 Å². The van der Waals surface area contributed by atoms with Crippen LogP contribution < -0.4 is 5.32 Å². The monoisotopic (exact) mass is 363 g/mol. The molecule has 2 rings (SSSR count). The van der Waals surface area contributed by atoms with E-state index in [1.165, 1.54) is 24.0 Å². The van der Waals surface area contributed by atoms with E-state index in [2.05, 4.69) is 5.32 Å². The van der Waals surface area contributed by atoms with Gasteiger partial charge in [-0.1, -0.05) is 11.6 Å². The van der Waals surface area contributed by atoms with Gasteiger partial charge in [-0.05, 0) is 18.2 Å². The zero-order chi connectivity index (χ0) is 17.9. The summed E-state index contributed by atoms with van der Waals surface area (Å²) in [6, 6.07) is 3.35. The van der Waals surface area contributed by atoms with Crippen molar-refractivity contribution in [2.24, 2.45) is 0 Å². The van der Waals surface area contributed by atoms with Crippen LogP contribution in [-0.4, -0.2) is 54.3 Å². The molecule has 24 heavy (non-hydrogen) atoms. The zero-order valence-electron chi connectivity index (χ0n) is 13.0. The Kier molecular flexibility index (Phi) is 5.58. The lowest BCUT2D eigenvalue weighted by Gasteiger charge is -2.34. The van der Waals surface area contributed by atoms with Gasteiger partial charge >= 0.3 is 6.18 Å². The molecule has 1 fully saturated rings. The lowest BCUT2D eigenvalue weighted by Crippen LogP contribution is -2.51. The second-order valence-corrected chi connectivity index (χ2v) is 5.86. The predicted octanol–water partition coefficient (Wildman–Crippen LogP) is 2.46. The largest absolute Gasteiger partial charge is 0.418 e. The van der Waals surface area contributed by atoms with Gasteiger partial charge in [0.25, 0.3) is 0 Å². The number of carbonyl (C=O) groups is 2. The third kappa shape index (κ3) is 4.53. The summed E-state index contributed by atoms with van der Waals surface area (Å²) in [6.45, 7) is 2.79. The van der Waals surface area contributed by atoms with Crippen molar-refractivity contribution in [1.82, 2.24) is 9.80 Å². The number of amides is 2. The van der Waals surface area contributed by atoms with E-state index in [-0.39, 0.29) is 29.1 Å². The first-order valence-electron chi connectivity index (χ1n) is 7.32. The van der Waals surface area contributed by atoms with Gasteiger partial charge in [0.15, 0.2) is 0 Å². The smallest absolute Gasteiger partial charge is 0.376 e. The fourth-order valence-corrected chi connectivity index (χ4v) is 2.63. The van der Waals surface area contributed by atoms with Crippen molar-refractivity contribution >= 4 is 29.1 Å².